The summed E-state index contributed by atoms with van der Waals surface area (Å²) < 4.78 is 30.4. The molecule has 88 valence electrons. The zero-order valence-corrected chi connectivity index (χ0v) is 9.78. The van der Waals surface area contributed by atoms with Crippen molar-refractivity contribution in [1.29, 1.82) is 0 Å². The summed E-state index contributed by atoms with van der Waals surface area (Å²) in [6.07, 6.45) is 7.18. The van der Waals surface area contributed by atoms with Crippen LogP contribution in [0.1, 0.15) is 31.4 Å². The molecule has 1 aliphatic carbocycles. The molecule has 0 bridgehead atoms. The maximum Gasteiger partial charge on any atom is 0.296 e. The molecule has 0 radical (unpaired) electrons. The van der Waals surface area contributed by atoms with E-state index in [9.17, 15) is 8.42 Å². The van der Waals surface area contributed by atoms with E-state index in [2.05, 4.69) is 4.98 Å². The molecule has 1 aromatic rings. The van der Waals surface area contributed by atoms with Crippen LogP contribution >= 0.6 is 0 Å². The van der Waals surface area contributed by atoms with E-state index in [1.54, 1.807) is 6.07 Å². The highest BCUT2D eigenvalue weighted by Crippen LogP contribution is 2.27. The molecule has 1 saturated carbocycles. The van der Waals surface area contributed by atoms with Crippen molar-refractivity contribution < 1.29 is 13.0 Å². The van der Waals surface area contributed by atoms with Gasteiger partial charge in [-0.25, -0.2) is 0 Å². The lowest BCUT2D eigenvalue weighted by molar-refractivity contribution is 0.482. The highest BCUT2D eigenvalue weighted by molar-refractivity contribution is 7.85. The van der Waals surface area contributed by atoms with Gasteiger partial charge >= 0.3 is 0 Å². The zero-order chi connectivity index (χ0) is 11.6. The Balaban J connectivity index is 2.07. The number of hydrogen-bond acceptors (Lipinski definition) is 3. The van der Waals surface area contributed by atoms with E-state index in [1.165, 1.54) is 37.9 Å². The van der Waals surface area contributed by atoms with Crippen LogP contribution in [-0.2, 0) is 16.5 Å². The van der Waals surface area contributed by atoms with Crippen LogP contribution < -0.4 is 0 Å². The van der Waals surface area contributed by atoms with Crippen LogP contribution in [0.5, 0.6) is 0 Å². The lowest BCUT2D eigenvalue weighted by Crippen LogP contribution is -2.03. The van der Waals surface area contributed by atoms with Crippen molar-refractivity contribution in [2.75, 3.05) is 0 Å². The molecule has 4 nitrogen and oxygen atoms in total. The smallest absolute Gasteiger partial charge is 0.282 e. The van der Waals surface area contributed by atoms with Crippen LogP contribution in [0.3, 0.4) is 0 Å². The lowest BCUT2D eigenvalue weighted by Gasteiger charge is -2.07. The molecule has 1 aromatic heterocycles. The fourth-order valence-electron chi connectivity index (χ4n) is 2.19. The van der Waals surface area contributed by atoms with Gasteiger partial charge in [0.05, 0.1) is 0 Å². The lowest BCUT2D eigenvalue weighted by atomic mass is 10.0. The average molecular weight is 241 g/mol. The molecule has 2 rings (SSSR count). The third kappa shape index (κ3) is 2.80. The van der Waals surface area contributed by atoms with Gasteiger partial charge in [0, 0.05) is 11.9 Å². The second kappa shape index (κ2) is 4.51. The summed E-state index contributed by atoms with van der Waals surface area (Å²) in [5, 5.41) is 0. The fourth-order valence-corrected chi connectivity index (χ4v) is 2.62. The maximum atomic E-state index is 10.8. The van der Waals surface area contributed by atoms with E-state index in [-0.39, 0.29) is 4.90 Å². The van der Waals surface area contributed by atoms with Crippen molar-refractivity contribution in [3.05, 3.63) is 24.0 Å². The maximum absolute atomic E-state index is 10.8. The van der Waals surface area contributed by atoms with Gasteiger partial charge in [-0.1, -0.05) is 25.7 Å². The Bertz CT molecular complexity index is 447. The van der Waals surface area contributed by atoms with Crippen molar-refractivity contribution in [2.45, 2.75) is 37.0 Å². The Kier molecular flexibility index (Phi) is 3.25. The Hall–Kier alpha value is -0.940. The molecule has 1 heterocycles. The van der Waals surface area contributed by atoms with Crippen LogP contribution in [-0.4, -0.2) is 18.0 Å². The van der Waals surface area contributed by atoms with Crippen molar-refractivity contribution in [3.8, 4) is 0 Å². The van der Waals surface area contributed by atoms with Crippen molar-refractivity contribution in [2.24, 2.45) is 5.92 Å². The van der Waals surface area contributed by atoms with Gasteiger partial charge in [0.1, 0.15) is 4.90 Å². The normalized spacial score (nSPS) is 17.8. The topological polar surface area (TPSA) is 67.3 Å². The number of aromatic nitrogens is 1. The van der Waals surface area contributed by atoms with Gasteiger partial charge in [-0.3, -0.25) is 9.54 Å². The summed E-state index contributed by atoms with van der Waals surface area (Å²) in [5.41, 5.74) is 0.902. The second-order valence-electron chi connectivity index (χ2n) is 4.31. The third-order valence-corrected chi connectivity index (χ3v) is 3.91. The van der Waals surface area contributed by atoms with E-state index < -0.39 is 10.1 Å². The molecular formula is C11H15NO3S. The Labute approximate surface area is 95.5 Å². The van der Waals surface area contributed by atoms with Crippen LogP contribution in [0.4, 0.5) is 0 Å². The first-order valence-corrected chi connectivity index (χ1v) is 6.92. The quantitative estimate of drug-likeness (QED) is 0.822. The molecule has 0 atom stereocenters. The highest BCUT2D eigenvalue weighted by Gasteiger charge is 2.16. The van der Waals surface area contributed by atoms with Crippen molar-refractivity contribution in [1.82, 2.24) is 4.98 Å². The second-order valence-corrected chi connectivity index (χ2v) is 5.74. The molecular weight excluding hydrogens is 226 g/mol. The molecule has 16 heavy (non-hydrogen) atoms. The Morgan fingerprint density at radius 3 is 2.50 bits per heavy atom. The van der Waals surface area contributed by atoms with Gasteiger partial charge in [0.15, 0.2) is 0 Å². The summed E-state index contributed by atoms with van der Waals surface area (Å²) >= 11 is 0. The van der Waals surface area contributed by atoms with Crippen LogP contribution in [0.15, 0.2) is 23.2 Å². The van der Waals surface area contributed by atoms with Crippen LogP contribution in [0.2, 0.25) is 0 Å². The van der Waals surface area contributed by atoms with Gasteiger partial charge in [-0.2, -0.15) is 8.42 Å². The summed E-state index contributed by atoms with van der Waals surface area (Å²) in [4.78, 5) is 3.93. The largest absolute Gasteiger partial charge is 0.296 e. The minimum absolute atomic E-state index is 0.136. The molecule has 0 aromatic carbocycles. The first-order valence-electron chi connectivity index (χ1n) is 5.48. The summed E-state index contributed by atoms with van der Waals surface area (Å²) in [6.45, 7) is 0. The van der Waals surface area contributed by atoms with E-state index in [1.807, 2.05) is 0 Å². The first-order chi connectivity index (χ1) is 7.55. The Morgan fingerprint density at radius 1 is 1.31 bits per heavy atom. The number of pyridine rings is 1. The molecule has 5 heteroatoms. The Morgan fingerprint density at radius 2 is 2.00 bits per heavy atom. The van der Waals surface area contributed by atoms with E-state index >= 15 is 0 Å². The molecule has 1 aliphatic rings. The van der Waals surface area contributed by atoms with Crippen molar-refractivity contribution >= 4 is 10.1 Å². The van der Waals surface area contributed by atoms with Gasteiger partial charge in [0.25, 0.3) is 10.1 Å². The predicted octanol–water partition coefficient (Wildman–Crippen LogP) is 2.06. The predicted molar refractivity (Wildman–Crippen MR) is 59.7 cm³/mol. The molecule has 0 unspecified atom stereocenters. The van der Waals surface area contributed by atoms with Crippen molar-refractivity contribution in [3.63, 3.8) is 0 Å². The summed E-state index contributed by atoms with van der Waals surface area (Å²) in [6, 6.07) is 3.09. The fraction of sp³-hybridized carbons (Fsp3) is 0.545. The van der Waals surface area contributed by atoms with Gasteiger partial charge in [-0.15, -0.1) is 0 Å². The molecule has 0 spiro atoms. The van der Waals surface area contributed by atoms with Gasteiger partial charge in [0.2, 0.25) is 0 Å². The first kappa shape index (κ1) is 11.5. The molecule has 1 fully saturated rings. The summed E-state index contributed by atoms with van der Waals surface area (Å²) in [5.74, 6) is 0.684. The van der Waals surface area contributed by atoms with Gasteiger partial charge < -0.3 is 0 Å². The van der Waals surface area contributed by atoms with E-state index in [4.69, 9.17) is 4.55 Å². The zero-order valence-electron chi connectivity index (χ0n) is 8.96. The number of nitrogens with zero attached hydrogens (tertiary/aromatic N) is 1. The standard InChI is InChI=1S/C11H15NO3S/c13-16(14,15)11-6-5-10(12-8-11)7-9-3-1-2-4-9/h5-6,8-9H,1-4,7H2,(H,13,14,15). The minimum Gasteiger partial charge on any atom is -0.282 e. The monoisotopic (exact) mass is 241 g/mol. The van der Waals surface area contributed by atoms with Gasteiger partial charge in [-0.05, 0) is 24.5 Å². The van der Waals surface area contributed by atoms with Crippen LogP contribution in [0, 0.1) is 5.92 Å². The van der Waals surface area contributed by atoms with E-state index in [0.29, 0.717) is 5.92 Å². The molecule has 0 aliphatic heterocycles. The minimum atomic E-state index is -4.11. The summed E-state index contributed by atoms with van der Waals surface area (Å²) in [7, 11) is -4.11. The number of hydrogen-bond donors (Lipinski definition) is 1. The van der Waals surface area contributed by atoms with Crippen LogP contribution in [0.25, 0.3) is 0 Å². The SMILES string of the molecule is O=S(=O)(O)c1ccc(CC2CCCC2)nc1. The number of rotatable bonds is 3. The highest BCUT2D eigenvalue weighted by atomic mass is 32.2. The molecule has 0 saturated heterocycles. The third-order valence-electron chi connectivity index (χ3n) is 3.07. The average Bonchev–Trinajstić information content (AvgIpc) is 2.70. The molecule has 1 N–H and O–H groups in total. The van der Waals surface area contributed by atoms with E-state index in [0.717, 1.165) is 12.1 Å². The molecule has 0 amide bonds.